The van der Waals surface area contributed by atoms with E-state index in [1.165, 1.54) is 6.42 Å². The zero-order chi connectivity index (χ0) is 11.2. The van der Waals surface area contributed by atoms with Crippen LogP contribution in [0, 0.1) is 0 Å². The molecule has 7 heteroatoms. The zero-order valence-electron chi connectivity index (χ0n) is 8.32. The van der Waals surface area contributed by atoms with Gasteiger partial charge in [-0.1, -0.05) is 0 Å². The van der Waals surface area contributed by atoms with E-state index < -0.39 is 18.8 Å². The topological polar surface area (TPSA) is 118 Å². The van der Waals surface area contributed by atoms with Crippen molar-refractivity contribution >= 4 is 0 Å². The zero-order valence-corrected chi connectivity index (χ0v) is 11.5. The Labute approximate surface area is 91.3 Å². The molecule has 0 aromatic heterocycles. The van der Waals surface area contributed by atoms with Crippen LogP contribution >= 0.6 is 0 Å². The van der Waals surface area contributed by atoms with Crippen molar-refractivity contribution in [2.24, 2.45) is 11.5 Å². The van der Waals surface area contributed by atoms with Gasteiger partial charge in [-0.3, -0.25) is 0 Å². The first-order chi connectivity index (χ1) is 6.65. The molecule has 6 N–H and O–H groups in total. The summed E-state index contributed by atoms with van der Waals surface area (Å²) in [4.78, 5) is 0. The summed E-state index contributed by atoms with van der Waals surface area (Å²) in [6, 6.07) is 0. The molecule has 86 valence electrons. The van der Waals surface area contributed by atoms with Gasteiger partial charge in [0.25, 0.3) is 0 Å². The molecule has 0 spiro atoms. The number of unbranched alkanes of at least 4 members (excludes halogenated alkanes) is 1. The molecule has 14 heavy (non-hydrogen) atoms. The third kappa shape index (κ3) is 29.5. The fourth-order valence-electron chi connectivity index (χ4n) is 0.746. The molecule has 6 nitrogen and oxygen atoms in total. The maximum absolute atomic E-state index is 8.73. The molecule has 0 fully saturated rings. The van der Waals surface area contributed by atoms with E-state index in [4.69, 9.17) is 21.6 Å². The van der Waals surface area contributed by atoms with Crippen molar-refractivity contribution in [1.29, 1.82) is 0 Å². The fraction of sp³-hybridized carbons (Fsp3) is 1.00. The normalized spacial score (nSPS) is 9.07. The summed E-state index contributed by atoms with van der Waals surface area (Å²) in [6.07, 6.45) is 3.37. The average molecular weight is 375 g/mol. The third-order valence-corrected chi connectivity index (χ3v) is 1.37. The molecule has 0 aliphatic carbocycles. The number of nitrogens with one attached hydrogen (secondary N) is 1. The molecule has 0 saturated carbocycles. The van der Waals surface area contributed by atoms with Crippen LogP contribution in [0.25, 0.3) is 0 Å². The van der Waals surface area contributed by atoms with Crippen LogP contribution in [0.3, 0.4) is 0 Å². The van der Waals surface area contributed by atoms with Gasteiger partial charge in [0.2, 0.25) is 0 Å². The number of hydrogen-bond acceptors (Lipinski definition) is 5. The van der Waals surface area contributed by atoms with E-state index in [0.29, 0.717) is 0 Å². The Hall–Kier alpha value is 0.180. The van der Waals surface area contributed by atoms with Crippen LogP contribution < -0.4 is 16.8 Å². The van der Waals surface area contributed by atoms with Gasteiger partial charge in [0.1, 0.15) is 0 Å². The van der Waals surface area contributed by atoms with Gasteiger partial charge >= 0.3 is 28.9 Å². The first kappa shape index (κ1) is 16.6. The quantitative estimate of drug-likeness (QED) is 0.418. The molecule has 0 rings (SSSR count). The van der Waals surface area contributed by atoms with E-state index in [2.05, 4.69) is 5.32 Å². The predicted octanol–water partition coefficient (Wildman–Crippen LogP) is -1.13. The standard InChI is InChI=1S/C7H19N3.H2O.2O.Ta/c8-4-1-2-6-10-7-3-5-9;;;;/h10H,1-9H2;1H2;;;/q;;;;+1/p-1. The van der Waals surface area contributed by atoms with Crippen molar-refractivity contribution < 1.29 is 28.9 Å². The fourth-order valence-corrected chi connectivity index (χ4v) is 0.746. The monoisotopic (exact) mass is 375 g/mol. The molecule has 0 unspecified atom stereocenters. The average Bonchev–Trinajstić information content (AvgIpc) is 2.10. The molecule has 0 aliphatic rings. The SMILES string of the molecule is NCCCCNCCCN.[O]=[Ta](=[O])[OH]. The Bertz CT molecular complexity index is 148. The summed E-state index contributed by atoms with van der Waals surface area (Å²) in [5, 5.41) is 3.29. The molecule has 0 aliphatic heterocycles. The first-order valence-electron chi connectivity index (χ1n) is 4.59. The minimum atomic E-state index is -4.09. The summed E-state index contributed by atoms with van der Waals surface area (Å²) >= 11 is -4.09. The van der Waals surface area contributed by atoms with Crippen LogP contribution in [0.15, 0.2) is 0 Å². The summed E-state index contributed by atoms with van der Waals surface area (Å²) < 4.78 is 24.6. The molecule has 0 aromatic rings. The summed E-state index contributed by atoms with van der Waals surface area (Å²) in [5.41, 5.74) is 10.6. The molecule has 0 heterocycles. The van der Waals surface area contributed by atoms with Crippen LogP contribution in [-0.4, -0.2) is 29.8 Å². The summed E-state index contributed by atoms with van der Waals surface area (Å²) in [5.74, 6) is 0. The van der Waals surface area contributed by atoms with Crippen LogP contribution in [-0.2, 0) is 25.3 Å². The van der Waals surface area contributed by atoms with Crippen LogP contribution in [0.5, 0.6) is 0 Å². The van der Waals surface area contributed by atoms with Crippen LogP contribution in [0.2, 0.25) is 0 Å². The van der Waals surface area contributed by atoms with Crippen LogP contribution in [0.1, 0.15) is 19.3 Å². The second-order valence-corrected chi connectivity index (χ2v) is 4.33. The Kier molecular flexibility index (Phi) is 18.6. The van der Waals surface area contributed by atoms with E-state index in [0.717, 1.165) is 39.0 Å². The van der Waals surface area contributed by atoms with Gasteiger partial charge in [0, 0.05) is 0 Å². The molecular weight excluding hydrogens is 355 g/mol. The second-order valence-electron chi connectivity index (χ2n) is 2.63. The third-order valence-electron chi connectivity index (χ3n) is 1.37. The van der Waals surface area contributed by atoms with Crippen molar-refractivity contribution in [2.45, 2.75) is 19.3 Å². The number of rotatable bonds is 7. The number of hydrogen-bond donors (Lipinski definition) is 4. The van der Waals surface area contributed by atoms with Gasteiger partial charge in [0.05, 0.1) is 0 Å². The molecule has 0 aromatic carbocycles. The Balaban J connectivity index is 0. The van der Waals surface area contributed by atoms with E-state index >= 15 is 0 Å². The van der Waals surface area contributed by atoms with E-state index in [9.17, 15) is 0 Å². The molecule has 0 atom stereocenters. The van der Waals surface area contributed by atoms with E-state index in [-0.39, 0.29) is 0 Å². The molecular formula is C7H20N3O3Ta. The Morgan fingerprint density at radius 2 is 1.43 bits per heavy atom. The maximum atomic E-state index is 8.73. The Morgan fingerprint density at radius 3 is 1.86 bits per heavy atom. The van der Waals surface area contributed by atoms with Gasteiger partial charge < -0.3 is 16.8 Å². The van der Waals surface area contributed by atoms with E-state index in [1.807, 2.05) is 0 Å². The van der Waals surface area contributed by atoms with Gasteiger partial charge in [-0.15, -0.1) is 0 Å². The minimum absolute atomic E-state index is 0.782. The molecule has 0 radical (unpaired) electrons. The summed E-state index contributed by atoms with van der Waals surface area (Å²) in [7, 11) is 0. The van der Waals surface area contributed by atoms with Crippen molar-refractivity contribution in [2.75, 3.05) is 26.2 Å². The molecule has 0 amide bonds. The first-order valence-corrected chi connectivity index (χ1v) is 8.65. The van der Waals surface area contributed by atoms with E-state index in [1.54, 1.807) is 0 Å². The molecule has 0 saturated heterocycles. The van der Waals surface area contributed by atoms with Crippen molar-refractivity contribution in [3.05, 3.63) is 0 Å². The number of nitrogens with two attached hydrogens (primary N) is 2. The predicted molar refractivity (Wildman–Crippen MR) is 48.4 cm³/mol. The van der Waals surface area contributed by atoms with Crippen molar-refractivity contribution in [1.82, 2.24) is 5.32 Å². The molecule has 0 bridgehead atoms. The Morgan fingerprint density at radius 1 is 1.00 bits per heavy atom. The second kappa shape index (κ2) is 15.6. The van der Waals surface area contributed by atoms with Crippen molar-refractivity contribution in [3.63, 3.8) is 0 Å². The van der Waals surface area contributed by atoms with Gasteiger partial charge in [0.15, 0.2) is 0 Å². The summed E-state index contributed by atoms with van der Waals surface area (Å²) in [6.45, 7) is 3.71. The van der Waals surface area contributed by atoms with Gasteiger partial charge in [-0.05, 0) is 45.4 Å². The van der Waals surface area contributed by atoms with Gasteiger partial charge in [-0.2, -0.15) is 0 Å². The van der Waals surface area contributed by atoms with Gasteiger partial charge in [-0.25, -0.2) is 0 Å². The van der Waals surface area contributed by atoms with Crippen LogP contribution in [0.4, 0.5) is 0 Å². The van der Waals surface area contributed by atoms with Crippen molar-refractivity contribution in [3.8, 4) is 0 Å².